The van der Waals surface area contributed by atoms with Crippen molar-refractivity contribution in [2.75, 3.05) is 0 Å². The molecule has 2 aromatic carbocycles. The van der Waals surface area contributed by atoms with Gasteiger partial charge in [-0.25, -0.2) is 14.2 Å². The average Bonchev–Trinajstić information content (AvgIpc) is 2.82. The number of hydrogen-bond acceptors (Lipinski definition) is 4. The molecule has 3 N–H and O–H groups in total. The number of aromatic nitrogens is 1. The summed E-state index contributed by atoms with van der Waals surface area (Å²) in [7, 11) is -4.03. The quantitative estimate of drug-likeness (QED) is 0.327. The SMILES string of the molecule is Cc1cc(CC(O)(c2cccc(-c3ccccc3)n2)C(C#CC(C)C)(C(=O)O)[PH](=O)O)ccc1F. The summed E-state index contributed by atoms with van der Waals surface area (Å²) in [4.78, 5) is 27.6. The van der Waals surface area contributed by atoms with Gasteiger partial charge in [-0.3, -0.25) is 4.57 Å². The Labute approximate surface area is 204 Å². The second kappa shape index (κ2) is 10.5. The van der Waals surface area contributed by atoms with E-state index in [4.69, 9.17) is 0 Å². The molecule has 0 radical (unpaired) electrons. The highest BCUT2D eigenvalue weighted by Gasteiger charge is 2.61. The van der Waals surface area contributed by atoms with E-state index >= 15 is 0 Å². The third kappa shape index (κ3) is 5.21. The van der Waals surface area contributed by atoms with Crippen molar-refractivity contribution in [1.29, 1.82) is 0 Å². The van der Waals surface area contributed by atoms with Gasteiger partial charge in [-0.05, 0) is 36.2 Å². The van der Waals surface area contributed by atoms with Gasteiger partial charge in [-0.2, -0.15) is 0 Å². The summed E-state index contributed by atoms with van der Waals surface area (Å²) in [6, 6.07) is 17.8. The van der Waals surface area contributed by atoms with Crippen molar-refractivity contribution in [3.05, 3.63) is 89.4 Å². The van der Waals surface area contributed by atoms with E-state index < -0.39 is 37.0 Å². The van der Waals surface area contributed by atoms with Gasteiger partial charge in [0.15, 0.2) is 0 Å². The molecule has 3 unspecified atom stereocenters. The summed E-state index contributed by atoms with van der Waals surface area (Å²) in [5.41, 5.74) is -0.875. The minimum atomic E-state index is -4.03. The van der Waals surface area contributed by atoms with Gasteiger partial charge >= 0.3 is 5.97 Å². The highest BCUT2D eigenvalue weighted by atomic mass is 31.1. The minimum Gasteiger partial charge on any atom is -0.480 e. The first-order valence-corrected chi connectivity index (χ1v) is 12.4. The molecule has 0 spiro atoms. The number of aryl methyl sites for hydroxylation is 1. The van der Waals surface area contributed by atoms with Crippen LogP contribution in [0.2, 0.25) is 0 Å². The fourth-order valence-electron chi connectivity index (χ4n) is 3.87. The van der Waals surface area contributed by atoms with Crippen LogP contribution >= 0.6 is 8.03 Å². The average molecular weight is 495 g/mol. The number of halogens is 1. The molecule has 3 atom stereocenters. The molecule has 0 saturated carbocycles. The van der Waals surface area contributed by atoms with Crippen LogP contribution in [0.1, 0.15) is 30.7 Å². The number of nitrogens with zero attached hydrogens (tertiary/aromatic N) is 1. The number of carboxylic acid groups (broad SMARTS) is 1. The number of pyridine rings is 1. The van der Waals surface area contributed by atoms with Crippen molar-refractivity contribution in [3.8, 4) is 23.1 Å². The Hall–Kier alpha value is -3.30. The van der Waals surface area contributed by atoms with E-state index in [1.54, 1.807) is 50.2 Å². The predicted octanol–water partition coefficient (Wildman–Crippen LogP) is 4.58. The fourth-order valence-corrected chi connectivity index (χ4v) is 4.80. The zero-order valence-electron chi connectivity index (χ0n) is 19.6. The van der Waals surface area contributed by atoms with Crippen LogP contribution in [0.4, 0.5) is 4.39 Å². The number of carboxylic acids is 1. The summed E-state index contributed by atoms with van der Waals surface area (Å²) in [6.45, 7) is 4.93. The Morgan fingerprint density at radius 1 is 1.11 bits per heavy atom. The summed E-state index contributed by atoms with van der Waals surface area (Å²) in [6.07, 6.45) is -0.435. The van der Waals surface area contributed by atoms with Gasteiger partial charge in [-0.1, -0.05) is 74.2 Å². The second-order valence-corrected chi connectivity index (χ2v) is 10.0. The number of hydrogen-bond donors (Lipinski definition) is 3. The monoisotopic (exact) mass is 495 g/mol. The Balaban J connectivity index is 2.34. The highest BCUT2D eigenvalue weighted by molar-refractivity contribution is 7.42. The molecule has 3 rings (SSSR count). The Bertz CT molecular complexity index is 1300. The van der Waals surface area contributed by atoms with Crippen molar-refractivity contribution in [2.45, 2.75) is 37.9 Å². The van der Waals surface area contributed by atoms with Crippen LogP contribution in [0, 0.1) is 30.5 Å². The molecule has 0 aliphatic carbocycles. The lowest BCUT2D eigenvalue weighted by Gasteiger charge is -2.39. The smallest absolute Gasteiger partial charge is 0.335 e. The molecular weight excluding hydrogens is 468 g/mol. The zero-order chi connectivity index (χ0) is 25.8. The summed E-state index contributed by atoms with van der Waals surface area (Å²) in [5.74, 6) is 2.56. The Morgan fingerprint density at radius 3 is 2.37 bits per heavy atom. The van der Waals surface area contributed by atoms with Gasteiger partial charge in [0, 0.05) is 17.9 Å². The third-order valence-electron chi connectivity index (χ3n) is 5.74. The Morgan fingerprint density at radius 2 is 1.80 bits per heavy atom. The largest absolute Gasteiger partial charge is 0.480 e. The highest BCUT2D eigenvalue weighted by Crippen LogP contribution is 2.50. The standard InChI is InChI=1S/C27H27FNO5P/c1-18(2)14-15-27(25(30)31,35(33)34)26(32,17-20-12-13-22(28)19(3)16-20)24-11-7-10-23(29-24)21-8-5-4-6-9-21/h4-13,16,18,32,35H,17H2,1-3H3,(H,30,31)(H,33,34). The predicted molar refractivity (Wildman–Crippen MR) is 133 cm³/mol. The van der Waals surface area contributed by atoms with Crippen LogP contribution in [0.5, 0.6) is 0 Å². The number of aliphatic carboxylic acids is 1. The van der Waals surface area contributed by atoms with E-state index in [0.29, 0.717) is 16.8 Å². The van der Waals surface area contributed by atoms with Crippen LogP contribution in [-0.2, 0) is 21.4 Å². The van der Waals surface area contributed by atoms with Gasteiger partial charge in [-0.15, -0.1) is 0 Å². The van der Waals surface area contributed by atoms with E-state index in [2.05, 4.69) is 16.8 Å². The molecule has 3 aromatic rings. The Kier molecular flexibility index (Phi) is 7.92. The van der Waals surface area contributed by atoms with E-state index in [-0.39, 0.29) is 17.2 Å². The molecular formula is C27H27FNO5P. The van der Waals surface area contributed by atoms with Crippen molar-refractivity contribution < 1.29 is 28.9 Å². The van der Waals surface area contributed by atoms with Crippen molar-refractivity contribution >= 4 is 14.0 Å². The maximum atomic E-state index is 13.9. The molecule has 1 aromatic heterocycles. The molecule has 8 heteroatoms. The molecule has 0 saturated heterocycles. The molecule has 6 nitrogen and oxygen atoms in total. The van der Waals surface area contributed by atoms with Crippen molar-refractivity contribution in [3.63, 3.8) is 0 Å². The van der Waals surface area contributed by atoms with Crippen molar-refractivity contribution in [1.82, 2.24) is 4.98 Å². The van der Waals surface area contributed by atoms with Gasteiger partial charge in [0.1, 0.15) is 11.4 Å². The minimum absolute atomic E-state index is 0.131. The first-order chi connectivity index (χ1) is 16.5. The topological polar surface area (TPSA) is 108 Å². The lowest BCUT2D eigenvalue weighted by molar-refractivity contribution is -0.146. The first-order valence-electron chi connectivity index (χ1n) is 11.0. The molecule has 0 aliphatic heterocycles. The number of benzene rings is 2. The van der Waals surface area contributed by atoms with Crippen LogP contribution in [-0.4, -0.2) is 31.2 Å². The lowest BCUT2D eigenvalue weighted by Crippen LogP contribution is -2.56. The van der Waals surface area contributed by atoms with Gasteiger partial charge in [0.2, 0.25) is 13.2 Å². The van der Waals surface area contributed by atoms with Gasteiger partial charge < -0.3 is 15.1 Å². The van der Waals surface area contributed by atoms with E-state index in [0.717, 1.165) is 0 Å². The maximum absolute atomic E-state index is 13.9. The molecule has 182 valence electrons. The summed E-state index contributed by atoms with van der Waals surface area (Å²) < 4.78 is 26.7. The van der Waals surface area contributed by atoms with E-state index in [1.807, 2.05) is 6.07 Å². The third-order valence-corrected chi connectivity index (χ3v) is 7.13. The van der Waals surface area contributed by atoms with Gasteiger partial charge in [0.05, 0.1) is 11.4 Å². The van der Waals surface area contributed by atoms with Gasteiger partial charge in [0.25, 0.3) is 0 Å². The molecule has 0 bridgehead atoms. The molecule has 1 heterocycles. The number of rotatable bonds is 7. The first kappa shape index (κ1) is 26.3. The summed E-state index contributed by atoms with van der Waals surface area (Å²) in [5, 5.41) is 19.7. The van der Waals surface area contributed by atoms with Crippen molar-refractivity contribution in [2.24, 2.45) is 5.92 Å². The second-order valence-electron chi connectivity index (χ2n) is 8.68. The molecule has 35 heavy (non-hydrogen) atoms. The molecule has 0 fully saturated rings. The number of aliphatic hydroxyl groups is 1. The zero-order valence-corrected chi connectivity index (χ0v) is 20.6. The fraction of sp³-hybridized carbons (Fsp3) is 0.259. The van der Waals surface area contributed by atoms with Crippen LogP contribution in [0.15, 0.2) is 66.7 Å². The van der Waals surface area contributed by atoms with Crippen LogP contribution in [0.3, 0.4) is 0 Å². The number of carbonyl (C=O) groups is 1. The molecule has 0 amide bonds. The maximum Gasteiger partial charge on any atom is 0.335 e. The van der Waals surface area contributed by atoms with Crippen LogP contribution < -0.4 is 0 Å². The van der Waals surface area contributed by atoms with Crippen LogP contribution in [0.25, 0.3) is 11.3 Å². The lowest BCUT2D eigenvalue weighted by atomic mass is 9.78. The van der Waals surface area contributed by atoms with E-state index in [9.17, 15) is 28.9 Å². The van der Waals surface area contributed by atoms with E-state index in [1.165, 1.54) is 31.2 Å². The molecule has 0 aliphatic rings. The summed E-state index contributed by atoms with van der Waals surface area (Å²) >= 11 is 0. The normalized spacial score (nSPS) is 15.4.